The minimum atomic E-state index is -0.155. The molecule has 6 heteroatoms. The Morgan fingerprint density at radius 2 is 1.78 bits per heavy atom. The van der Waals surface area contributed by atoms with Crippen molar-refractivity contribution in [2.45, 2.75) is 58.0 Å². The van der Waals surface area contributed by atoms with Gasteiger partial charge in [0.1, 0.15) is 6.04 Å². The van der Waals surface area contributed by atoms with Gasteiger partial charge in [-0.25, -0.2) is 4.68 Å². The summed E-state index contributed by atoms with van der Waals surface area (Å²) in [7, 11) is 0. The van der Waals surface area contributed by atoms with Crippen LogP contribution < -0.4 is 0 Å². The van der Waals surface area contributed by atoms with Crippen molar-refractivity contribution in [3.8, 4) is 0 Å². The van der Waals surface area contributed by atoms with Crippen molar-refractivity contribution in [2.24, 2.45) is 0 Å². The third-order valence-electron chi connectivity index (χ3n) is 4.35. The van der Waals surface area contributed by atoms with Gasteiger partial charge < -0.3 is 0 Å². The van der Waals surface area contributed by atoms with Crippen LogP contribution in [0.1, 0.15) is 64.0 Å². The number of nitrogens with zero attached hydrogens (tertiary/aromatic N) is 6. The van der Waals surface area contributed by atoms with Crippen molar-refractivity contribution in [1.82, 2.24) is 30.1 Å². The summed E-state index contributed by atoms with van der Waals surface area (Å²) in [6.07, 6.45) is 6.90. The van der Waals surface area contributed by atoms with Gasteiger partial charge in [-0.15, -0.1) is 5.10 Å². The molecule has 1 fully saturated rings. The molecular weight excluding hydrogens is 288 g/mol. The lowest BCUT2D eigenvalue weighted by Gasteiger charge is -2.31. The summed E-state index contributed by atoms with van der Waals surface area (Å²) < 4.78 is 1.94. The summed E-state index contributed by atoms with van der Waals surface area (Å²) in [5, 5.41) is 12.6. The van der Waals surface area contributed by atoms with Crippen molar-refractivity contribution in [3.05, 3.63) is 35.9 Å². The van der Waals surface area contributed by atoms with Crippen LogP contribution in [0.5, 0.6) is 0 Å². The molecule has 6 nitrogen and oxygen atoms in total. The van der Waals surface area contributed by atoms with Gasteiger partial charge >= 0.3 is 0 Å². The predicted octanol–water partition coefficient (Wildman–Crippen LogP) is 2.79. The van der Waals surface area contributed by atoms with Crippen LogP contribution in [0.15, 0.2) is 24.4 Å². The topological polar surface area (TPSA) is 59.7 Å². The Hall–Kier alpha value is -1.82. The van der Waals surface area contributed by atoms with Gasteiger partial charge in [0.05, 0.1) is 11.2 Å². The molecule has 1 aliphatic heterocycles. The summed E-state index contributed by atoms with van der Waals surface area (Å²) in [6.45, 7) is 8.52. The van der Waals surface area contributed by atoms with E-state index in [2.05, 4.69) is 52.2 Å². The first-order chi connectivity index (χ1) is 11.1. The average molecular weight is 314 g/mol. The standard InChI is InChI=1S/C17H26N6/c1-17(2,3)23-16(19-20-21-23)15(14-10-6-7-11-18-14)22-12-8-4-5-9-13-22/h6-7,10-11,15H,4-5,8-9,12-13H2,1-3H3/t15-/m1/s1. The summed E-state index contributed by atoms with van der Waals surface area (Å²) in [4.78, 5) is 7.10. The van der Waals surface area contributed by atoms with Gasteiger partial charge in [0.2, 0.25) is 0 Å². The van der Waals surface area contributed by atoms with E-state index < -0.39 is 0 Å². The second kappa shape index (κ2) is 6.74. The lowest BCUT2D eigenvalue weighted by Crippen LogP contribution is -2.36. The van der Waals surface area contributed by atoms with Gasteiger partial charge in [-0.2, -0.15) is 0 Å². The lowest BCUT2D eigenvalue weighted by molar-refractivity contribution is 0.205. The number of hydrogen-bond donors (Lipinski definition) is 0. The highest BCUT2D eigenvalue weighted by atomic mass is 15.6. The molecule has 0 unspecified atom stereocenters. The fraction of sp³-hybridized carbons (Fsp3) is 0.647. The molecule has 0 aliphatic carbocycles. The number of pyridine rings is 1. The summed E-state index contributed by atoms with van der Waals surface area (Å²) in [5.41, 5.74) is 0.868. The van der Waals surface area contributed by atoms with Crippen molar-refractivity contribution in [2.75, 3.05) is 13.1 Å². The van der Waals surface area contributed by atoms with Crippen molar-refractivity contribution >= 4 is 0 Å². The molecule has 0 N–H and O–H groups in total. The fourth-order valence-electron chi connectivity index (χ4n) is 3.22. The Morgan fingerprint density at radius 1 is 1.04 bits per heavy atom. The van der Waals surface area contributed by atoms with Crippen LogP contribution in [0.3, 0.4) is 0 Å². The van der Waals surface area contributed by atoms with Crippen molar-refractivity contribution in [3.63, 3.8) is 0 Å². The van der Waals surface area contributed by atoms with E-state index in [9.17, 15) is 0 Å². The van der Waals surface area contributed by atoms with E-state index >= 15 is 0 Å². The number of aromatic nitrogens is 5. The molecule has 0 spiro atoms. The Kier molecular flexibility index (Phi) is 4.71. The maximum Gasteiger partial charge on any atom is 0.175 e. The Balaban J connectivity index is 2.04. The Labute approximate surface area is 137 Å². The molecule has 0 aromatic carbocycles. The van der Waals surface area contributed by atoms with Gasteiger partial charge in [0.15, 0.2) is 5.82 Å². The molecule has 124 valence electrons. The van der Waals surface area contributed by atoms with E-state index in [1.54, 1.807) is 0 Å². The molecule has 3 rings (SSSR count). The highest BCUT2D eigenvalue weighted by Gasteiger charge is 2.32. The molecule has 3 heterocycles. The molecule has 2 aromatic heterocycles. The van der Waals surface area contributed by atoms with Crippen molar-refractivity contribution in [1.29, 1.82) is 0 Å². The molecule has 2 aromatic rings. The largest absolute Gasteiger partial charge is 0.288 e. The van der Waals surface area contributed by atoms with Gasteiger partial charge in [-0.1, -0.05) is 18.9 Å². The van der Waals surface area contributed by atoms with E-state index in [0.717, 1.165) is 24.6 Å². The monoisotopic (exact) mass is 314 g/mol. The highest BCUT2D eigenvalue weighted by Crippen LogP contribution is 2.30. The first kappa shape index (κ1) is 16.1. The first-order valence-corrected chi connectivity index (χ1v) is 8.51. The van der Waals surface area contributed by atoms with E-state index in [-0.39, 0.29) is 11.6 Å². The smallest absolute Gasteiger partial charge is 0.175 e. The van der Waals surface area contributed by atoms with Gasteiger partial charge in [0.25, 0.3) is 0 Å². The molecule has 23 heavy (non-hydrogen) atoms. The number of rotatable bonds is 3. The maximum absolute atomic E-state index is 4.61. The van der Waals surface area contributed by atoms with Gasteiger partial charge in [-0.05, 0) is 69.3 Å². The molecule has 0 radical (unpaired) electrons. The number of likely N-dealkylation sites (tertiary alicyclic amines) is 1. The minimum Gasteiger partial charge on any atom is -0.288 e. The maximum atomic E-state index is 4.61. The van der Waals surface area contributed by atoms with Crippen molar-refractivity contribution < 1.29 is 0 Å². The molecule has 0 saturated carbocycles. The van der Waals surface area contributed by atoms with Crippen LogP contribution in [0.4, 0.5) is 0 Å². The van der Waals surface area contributed by atoms with Crippen LogP contribution in [-0.2, 0) is 5.54 Å². The quantitative estimate of drug-likeness (QED) is 0.872. The normalized spacial score (nSPS) is 18.6. The molecule has 0 bridgehead atoms. The van der Waals surface area contributed by atoms with Crippen LogP contribution in [0.2, 0.25) is 0 Å². The minimum absolute atomic E-state index is 0.0172. The summed E-state index contributed by atoms with van der Waals surface area (Å²) in [5.74, 6) is 0.887. The Morgan fingerprint density at radius 3 is 2.39 bits per heavy atom. The van der Waals surface area contributed by atoms with Gasteiger partial charge in [0, 0.05) is 6.20 Å². The van der Waals surface area contributed by atoms with E-state index in [1.165, 1.54) is 25.7 Å². The van der Waals surface area contributed by atoms with Crippen LogP contribution >= 0.6 is 0 Å². The van der Waals surface area contributed by atoms with Gasteiger partial charge in [-0.3, -0.25) is 9.88 Å². The molecular formula is C17H26N6. The van der Waals surface area contributed by atoms with Crippen LogP contribution in [0.25, 0.3) is 0 Å². The second-order valence-electron chi connectivity index (χ2n) is 7.23. The molecule has 1 atom stereocenters. The highest BCUT2D eigenvalue weighted by molar-refractivity contribution is 5.18. The van der Waals surface area contributed by atoms with E-state index in [1.807, 2.05) is 23.0 Å². The molecule has 0 amide bonds. The first-order valence-electron chi connectivity index (χ1n) is 8.51. The lowest BCUT2D eigenvalue weighted by atomic mass is 10.1. The third-order valence-corrected chi connectivity index (χ3v) is 4.35. The zero-order valence-electron chi connectivity index (χ0n) is 14.3. The Bertz CT molecular complexity index is 608. The number of tetrazole rings is 1. The summed E-state index contributed by atoms with van der Waals surface area (Å²) >= 11 is 0. The second-order valence-corrected chi connectivity index (χ2v) is 7.23. The summed E-state index contributed by atoms with van der Waals surface area (Å²) in [6, 6.07) is 6.09. The molecule has 1 saturated heterocycles. The molecule has 1 aliphatic rings. The SMILES string of the molecule is CC(C)(C)n1nnnc1[C@@H](c1ccccn1)N1CCCCCC1. The zero-order valence-corrected chi connectivity index (χ0v) is 14.3. The average Bonchev–Trinajstić information content (AvgIpc) is 2.86. The number of hydrogen-bond acceptors (Lipinski definition) is 5. The predicted molar refractivity (Wildman–Crippen MR) is 88.9 cm³/mol. The van der Waals surface area contributed by atoms with E-state index in [4.69, 9.17) is 0 Å². The fourth-order valence-corrected chi connectivity index (χ4v) is 3.22. The van der Waals surface area contributed by atoms with Crippen LogP contribution in [-0.4, -0.2) is 43.2 Å². The zero-order chi connectivity index (χ0) is 16.3. The third kappa shape index (κ3) is 3.58. The van der Waals surface area contributed by atoms with E-state index in [0.29, 0.717) is 0 Å². The van der Waals surface area contributed by atoms with Crippen LogP contribution in [0, 0.1) is 0 Å².